The van der Waals surface area contributed by atoms with E-state index in [0.717, 1.165) is 28.2 Å². The van der Waals surface area contributed by atoms with Gasteiger partial charge in [0.1, 0.15) is 16.6 Å². The van der Waals surface area contributed by atoms with Crippen LogP contribution in [0.1, 0.15) is 22.9 Å². The molecule has 120 valence electrons. The highest BCUT2D eigenvalue weighted by molar-refractivity contribution is 7.91. The van der Waals surface area contributed by atoms with Gasteiger partial charge in [0.15, 0.2) is 0 Å². The summed E-state index contributed by atoms with van der Waals surface area (Å²) in [4.78, 5) is 1.06. The van der Waals surface area contributed by atoms with Gasteiger partial charge >= 0.3 is 0 Å². The Balaban J connectivity index is 1.90. The van der Waals surface area contributed by atoms with E-state index in [1.165, 1.54) is 11.3 Å². The largest absolute Gasteiger partial charge is 0.492 e. The first-order chi connectivity index (χ1) is 10.4. The molecule has 0 aliphatic rings. The molecule has 0 unspecified atom stereocenters. The highest BCUT2D eigenvalue weighted by atomic mass is 32.2. The molecule has 1 N–H and O–H groups in total. The molecule has 0 bridgehead atoms. The molecule has 2 aromatic rings. The third-order valence-corrected chi connectivity index (χ3v) is 6.48. The van der Waals surface area contributed by atoms with Crippen LogP contribution in [0.25, 0.3) is 0 Å². The molecule has 2 rings (SSSR count). The summed E-state index contributed by atoms with van der Waals surface area (Å²) in [5, 5.41) is 0. The van der Waals surface area contributed by atoms with Crippen molar-refractivity contribution in [2.75, 3.05) is 13.2 Å². The summed E-state index contributed by atoms with van der Waals surface area (Å²) in [7, 11) is -3.44. The molecule has 6 heteroatoms. The van der Waals surface area contributed by atoms with Gasteiger partial charge in [0, 0.05) is 11.4 Å². The molecule has 1 aromatic carbocycles. The van der Waals surface area contributed by atoms with E-state index in [1.807, 2.05) is 45.0 Å². The molecule has 0 atom stereocenters. The summed E-state index contributed by atoms with van der Waals surface area (Å²) < 4.78 is 32.9. The number of thiophene rings is 1. The Labute approximate surface area is 136 Å². The Morgan fingerprint density at radius 3 is 2.41 bits per heavy atom. The highest BCUT2D eigenvalue weighted by Gasteiger charge is 2.16. The Morgan fingerprint density at radius 2 is 1.82 bits per heavy atom. The quantitative estimate of drug-likeness (QED) is 0.788. The fraction of sp³-hybridized carbons (Fsp3) is 0.375. The van der Waals surface area contributed by atoms with Crippen molar-refractivity contribution in [1.82, 2.24) is 4.72 Å². The first-order valence-corrected chi connectivity index (χ1v) is 9.51. The molecule has 0 radical (unpaired) electrons. The molecule has 0 saturated heterocycles. The minimum Gasteiger partial charge on any atom is -0.492 e. The molecule has 0 aliphatic heterocycles. The standard InChI is InChI=1S/C16H21NO3S2/c1-4-14-8-9-15(21-14)22(18,19)17-10-11-20-16-12(2)6-5-7-13(16)3/h5-9,17H,4,10-11H2,1-3H3. The van der Waals surface area contributed by atoms with Crippen molar-refractivity contribution in [3.05, 3.63) is 46.3 Å². The number of benzene rings is 1. The normalized spacial score (nSPS) is 11.6. The minimum atomic E-state index is -3.44. The van der Waals surface area contributed by atoms with Crippen molar-refractivity contribution in [3.63, 3.8) is 0 Å². The fourth-order valence-corrected chi connectivity index (χ4v) is 4.47. The zero-order valence-corrected chi connectivity index (χ0v) is 14.7. The van der Waals surface area contributed by atoms with Crippen LogP contribution in [0.2, 0.25) is 0 Å². The van der Waals surface area contributed by atoms with Gasteiger partial charge in [-0.1, -0.05) is 25.1 Å². The van der Waals surface area contributed by atoms with Crippen molar-refractivity contribution in [2.24, 2.45) is 0 Å². The first kappa shape index (κ1) is 17.0. The van der Waals surface area contributed by atoms with Crippen LogP contribution in [0, 0.1) is 13.8 Å². The number of nitrogens with one attached hydrogen (secondary N) is 1. The van der Waals surface area contributed by atoms with Gasteiger partial charge in [0.2, 0.25) is 10.0 Å². The number of rotatable bonds is 7. The van der Waals surface area contributed by atoms with Gasteiger partial charge in [0.05, 0.1) is 0 Å². The Kier molecular flexibility index (Phi) is 5.61. The maximum Gasteiger partial charge on any atom is 0.250 e. The monoisotopic (exact) mass is 339 g/mol. The topological polar surface area (TPSA) is 55.4 Å². The summed E-state index contributed by atoms with van der Waals surface area (Å²) in [6.45, 7) is 6.51. The second kappa shape index (κ2) is 7.26. The lowest BCUT2D eigenvalue weighted by molar-refractivity contribution is 0.318. The number of sulfonamides is 1. The van der Waals surface area contributed by atoms with Crippen LogP contribution in [0.15, 0.2) is 34.5 Å². The van der Waals surface area contributed by atoms with E-state index in [2.05, 4.69) is 4.72 Å². The van der Waals surface area contributed by atoms with E-state index in [1.54, 1.807) is 6.07 Å². The lowest BCUT2D eigenvalue weighted by Gasteiger charge is -2.12. The number of ether oxygens (including phenoxy) is 1. The van der Waals surface area contributed by atoms with Gasteiger partial charge in [-0.05, 0) is 43.5 Å². The molecule has 4 nitrogen and oxygen atoms in total. The minimum absolute atomic E-state index is 0.246. The molecule has 0 aliphatic carbocycles. The molecule has 0 saturated carbocycles. The van der Waals surface area contributed by atoms with Crippen molar-refractivity contribution in [1.29, 1.82) is 0 Å². The third kappa shape index (κ3) is 4.09. The summed E-state index contributed by atoms with van der Waals surface area (Å²) in [5.41, 5.74) is 2.10. The van der Waals surface area contributed by atoms with Gasteiger partial charge in [0.25, 0.3) is 0 Å². The SMILES string of the molecule is CCc1ccc(S(=O)(=O)NCCOc2c(C)cccc2C)s1. The van der Waals surface area contributed by atoms with Crippen molar-refractivity contribution in [3.8, 4) is 5.75 Å². The molecule has 1 heterocycles. The van der Waals surface area contributed by atoms with E-state index < -0.39 is 10.0 Å². The Hall–Kier alpha value is -1.37. The summed E-state index contributed by atoms with van der Waals surface area (Å²) in [6, 6.07) is 9.43. The zero-order valence-electron chi connectivity index (χ0n) is 13.0. The van der Waals surface area contributed by atoms with Gasteiger partial charge in [-0.25, -0.2) is 13.1 Å². The van der Waals surface area contributed by atoms with Crippen LogP contribution in [0.3, 0.4) is 0 Å². The molecule has 0 fully saturated rings. The van der Waals surface area contributed by atoms with Crippen molar-refractivity contribution < 1.29 is 13.2 Å². The lowest BCUT2D eigenvalue weighted by Crippen LogP contribution is -2.27. The predicted octanol–water partition coefficient (Wildman–Crippen LogP) is 3.28. The van der Waals surface area contributed by atoms with E-state index >= 15 is 0 Å². The fourth-order valence-electron chi connectivity index (χ4n) is 2.12. The average Bonchev–Trinajstić information content (AvgIpc) is 2.96. The lowest BCUT2D eigenvalue weighted by atomic mass is 10.1. The van der Waals surface area contributed by atoms with E-state index in [4.69, 9.17) is 4.74 Å². The predicted molar refractivity (Wildman–Crippen MR) is 90.3 cm³/mol. The van der Waals surface area contributed by atoms with Gasteiger partial charge in [-0.3, -0.25) is 0 Å². The number of hydrogen-bond acceptors (Lipinski definition) is 4. The summed E-state index contributed by atoms with van der Waals surface area (Å²) in [6.07, 6.45) is 0.843. The average molecular weight is 339 g/mol. The van der Waals surface area contributed by atoms with E-state index in [9.17, 15) is 8.42 Å². The molecular formula is C16H21NO3S2. The third-order valence-electron chi connectivity index (χ3n) is 3.30. The molecule has 22 heavy (non-hydrogen) atoms. The van der Waals surface area contributed by atoms with Crippen LogP contribution >= 0.6 is 11.3 Å². The van der Waals surface area contributed by atoms with Crippen molar-refractivity contribution in [2.45, 2.75) is 31.4 Å². The highest BCUT2D eigenvalue weighted by Crippen LogP contribution is 2.23. The van der Waals surface area contributed by atoms with Crippen LogP contribution in [0.4, 0.5) is 0 Å². The van der Waals surface area contributed by atoms with Gasteiger partial charge in [-0.2, -0.15) is 0 Å². The maximum absolute atomic E-state index is 12.2. The second-order valence-electron chi connectivity index (χ2n) is 5.04. The van der Waals surface area contributed by atoms with E-state index in [-0.39, 0.29) is 6.54 Å². The van der Waals surface area contributed by atoms with Crippen LogP contribution in [-0.4, -0.2) is 21.6 Å². The van der Waals surface area contributed by atoms with Gasteiger partial charge < -0.3 is 4.74 Å². The number of aryl methyl sites for hydroxylation is 3. The van der Waals surface area contributed by atoms with Crippen LogP contribution < -0.4 is 9.46 Å². The summed E-state index contributed by atoms with van der Waals surface area (Å²) in [5.74, 6) is 0.825. The molecule has 0 spiro atoms. The Morgan fingerprint density at radius 1 is 1.14 bits per heavy atom. The van der Waals surface area contributed by atoms with Crippen LogP contribution in [-0.2, 0) is 16.4 Å². The zero-order chi connectivity index (χ0) is 16.2. The second-order valence-corrected chi connectivity index (χ2v) is 8.20. The molecule has 0 amide bonds. The number of hydrogen-bond donors (Lipinski definition) is 1. The molecular weight excluding hydrogens is 318 g/mol. The Bertz CT molecular complexity index is 715. The summed E-state index contributed by atoms with van der Waals surface area (Å²) >= 11 is 1.31. The van der Waals surface area contributed by atoms with Gasteiger partial charge in [-0.15, -0.1) is 11.3 Å². The first-order valence-electron chi connectivity index (χ1n) is 7.21. The number of para-hydroxylation sites is 1. The molecule has 1 aromatic heterocycles. The van der Waals surface area contributed by atoms with E-state index in [0.29, 0.717) is 10.8 Å². The maximum atomic E-state index is 12.2. The smallest absolute Gasteiger partial charge is 0.250 e. The van der Waals surface area contributed by atoms with Crippen LogP contribution in [0.5, 0.6) is 5.75 Å². The van der Waals surface area contributed by atoms with Crippen molar-refractivity contribution >= 4 is 21.4 Å².